The number of aryl methyl sites for hydroxylation is 1. The van der Waals surface area contributed by atoms with Gasteiger partial charge in [0.2, 0.25) is 5.91 Å². The lowest BCUT2D eigenvalue weighted by atomic mass is 9.95. The van der Waals surface area contributed by atoms with Gasteiger partial charge in [0.1, 0.15) is 0 Å². The second-order valence-electron chi connectivity index (χ2n) is 7.02. The summed E-state index contributed by atoms with van der Waals surface area (Å²) in [5, 5.41) is 12.2. The van der Waals surface area contributed by atoms with Crippen molar-refractivity contribution in [2.75, 3.05) is 5.75 Å². The number of hydrogen-bond acceptors (Lipinski definition) is 5. The Kier molecular flexibility index (Phi) is 6.57. The van der Waals surface area contributed by atoms with Gasteiger partial charge in [-0.3, -0.25) is 4.79 Å². The molecule has 6 nitrogen and oxygen atoms in total. The second kappa shape index (κ2) is 9.10. The van der Waals surface area contributed by atoms with Crippen LogP contribution < -0.4 is 5.32 Å². The molecule has 0 unspecified atom stereocenters. The largest absolute Gasteiger partial charge is 0.461 e. The van der Waals surface area contributed by atoms with E-state index in [4.69, 9.17) is 4.42 Å². The average Bonchev–Trinajstić information content (AvgIpc) is 3.34. The number of hydrogen-bond donors (Lipinski definition) is 1. The molecule has 0 saturated carbocycles. The Labute approximate surface area is 169 Å². The maximum Gasteiger partial charge on any atom is 0.230 e. The molecular formula is C21H26N4O2S. The summed E-state index contributed by atoms with van der Waals surface area (Å²) in [6.07, 6.45) is 2.61. The van der Waals surface area contributed by atoms with Gasteiger partial charge in [-0.15, -0.1) is 10.2 Å². The van der Waals surface area contributed by atoms with E-state index in [0.29, 0.717) is 22.7 Å². The number of nitrogens with zero attached hydrogens (tertiary/aromatic N) is 3. The maximum atomic E-state index is 12.6. The third-order valence-corrected chi connectivity index (χ3v) is 5.66. The molecule has 0 aliphatic carbocycles. The molecule has 1 N–H and O–H groups in total. The Morgan fingerprint density at radius 3 is 2.57 bits per heavy atom. The van der Waals surface area contributed by atoms with Crippen LogP contribution in [0.5, 0.6) is 0 Å². The SMILES string of the molecule is CCc1ccc([C@@H](NC(=O)CSc2nnc(-c3ccco3)n2C)C(C)C)cc1. The van der Waals surface area contributed by atoms with Crippen molar-refractivity contribution in [1.29, 1.82) is 0 Å². The van der Waals surface area contributed by atoms with E-state index in [1.54, 1.807) is 6.26 Å². The molecule has 1 aromatic carbocycles. The molecule has 0 aliphatic heterocycles. The van der Waals surface area contributed by atoms with Crippen LogP contribution in [-0.2, 0) is 18.3 Å². The van der Waals surface area contributed by atoms with Crippen molar-refractivity contribution in [3.63, 3.8) is 0 Å². The smallest absolute Gasteiger partial charge is 0.230 e. The topological polar surface area (TPSA) is 73.0 Å². The molecule has 3 aromatic rings. The standard InChI is InChI=1S/C21H26N4O2S/c1-5-15-8-10-16(11-9-15)19(14(2)3)22-18(26)13-28-21-24-23-20(25(21)4)17-7-6-12-27-17/h6-12,14,19H,5,13H2,1-4H3,(H,22,26)/t19-/m0/s1. The maximum absolute atomic E-state index is 12.6. The van der Waals surface area contributed by atoms with Crippen molar-refractivity contribution < 1.29 is 9.21 Å². The van der Waals surface area contributed by atoms with E-state index < -0.39 is 0 Å². The number of carbonyl (C=O) groups is 1. The molecule has 7 heteroatoms. The van der Waals surface area contributed by atoms with Gasteiger partial charge < -0.3 is 14.3 Å². The summed E-state index contributed by atoms with van der Waals surface area (Å²) in [5.74, 6) is 1.85. The van der Waals surface area contributed by atoms with Gasteiger partial charge >= 0.3 is 0 Å². The summed E-state index contributed by atoms with van der Waals surface area (Å²) in [6.45, 7) is 6.37. The van der Waals surface area contributed by atoms with E-state index in [1.165, 1.54) is 17.3 Å². The third-order valence-electron chi connectivity index (χ3n) is 4.64. The lowest BCUT2D eigenvalue weighted by molar-refractivity contribution is -0.119. The first-order valence-electron chi connectivity index (χ1n) is 9.43. The van der Waals surface area contributed by atoms with Gasteiger partial charge in [-0.25, -0.2) is 0 Å². The molecule has 0 aliphatic rings. The average molecular weight is 399 g/mol. The summed E-state index contributed by atoms with van der Waals surface area (Å²) in [6, 6.07) is 12.1. The number of amides is 1. The first kappa shape index (κ1) is 20.2. The number of benzene rings is 1. The van der Waals surface area contributed by atoms with Crippen LogP contribution in [0, 0.1) is 5.92 Å². The van der Waals surface area contributed by atoms with E-state index in [1.807, 2.05) is 23.7 Å². The molecule has 1 atom stereocenters. The van der Waals surface area contributed by atoms with Crippen LogP contribution in [0.15, 0.2) is 52.2 Å². The Morgan fingerprint density at radius 2 is 1.96 bits per heavy atom. The number of furan rings is 1. The summed E-state index contributed by atoms with van der Waals surface area (Å²) in [7, 11) is 1.87. The number of carbonyl (C=O) groups excluding carboxylic acids is 1. The Bertz CT molecular complexity index is 901. The molecule has 2 aromatic heterocycles. The number of thioether (sulfide) groups is 1. The third kappa shape index (κ3) is 4.65. The van der Waals surface area contributed by atoms with Gasteiger partial charge in [-0.05, 0) is 35.6 Å². The zero-order valence-electron chi connectivity index (χ0n) is 16.7. The first-order valence-corrected chi connectivity index (χ1v) is 10.4. The first-order chi connectivity index (χ1) is 13.5. The molecule has 3 rings (SSSR count). The van der Waals surface area contributed by atoms with Gasteiger partial charge in [0.15, 0.2) is 16.7 Å². The van der Waals surface area contributed by atoms with E-state index in [0.717, 1.165) is 12.0 Å². The van der Waals surface area contributed by atoms with Gasteiger partial charge in [-0.2, -0.15) is 0 Å². The Balaban J connectivity index is 1.62. The van der Waals surface area contributed by atoms with Crippen LogP contribution in [-0.4, -0.2) is 26.4 Å². The molecule has 0 bridgehead atoms. The fourth-order valence-corrected chi connectivity index (χ4v) is 3.72. The molecule has 0 saturated heterocycles. The fourth-order valence-electron chi connectivity index (χ4n) is 3.00. The predicted molar refractivity (Wildman–Crippen MR) is 111 cm³/mol. The minimum absolute atomic E-state index is 0.0165. The highest BCUT2D eigenvalue weighted by atomic mass is 32.2. The quantitative estimate of drug-likeness (QED) is 0.575. The summed E-state index contributed by atoms with van der Waals surface area (Å²) < 4.78 is 7.21. The molecule has 148 valence electrons. The molecule has 28 heavy (non-hydrogen) atoms. The van der Waals surface area contributed by atoms with Crippen molar-refractivity contribution in [2.24, 2.45) is 13.0 Å². The highest BCUT2D eigenvalue weighted by Crippen LogP contribution is 2.25. The van der Waals surface area contributed by atoms with Crippen LogP contribution in [0.3, 0.4) is 0 Å². The lowest BCUT2D eigenvalue weighted by Crippen LogP contribution is -2.33. The van der Waals surface area contributed by atoms with Crippen LogP contribution in [0.2, 0.25) is 0 Å². The molecule has 0 fully saturated rings. The minimum Gasteiger partial charge on any atom is -0.461 e. The number of rotatable bonds is 8. The van der Waals surface area contributed by atoms with Gasteiger partial charge in [0.25, 0.3) is 0 Å². The van der Waals surface area contributed by atoms with Crippen molar-refractivity contribution in [3.05, 3.63) is 53.8 Å². The highest BCUT2D eigenvalue weighted by Gasteiger charge is 2.20. The van der Waals surface area contributed by atoms with Crippen molar-refractivity contribution in [3.8, 4) is 11.6 Å². The van der Waals surface area contributed by atoms with Crippen molar-refractivity contribution >= 4 is 17.7 Å². The summed E-state index contributed by atoms with van der Waals surface area (Å²) in [5.41, 5.74) is 2.42. The van der Waals surface area contributed by atoms with E-state index in [9.17, 15) is 4.79 Å². The van der Waals surface area contributed by atoms with Gasteiger partial charge in [0.05, 0.1) is 18.1 Å². The number of aromatic nitrogens is 3. The predicted octanol–water partition coefficient (Wildman–Crippen LogP) is 4.24. The lowest BCUT2D eigenvalue weighted by Gasteiger charge is -2.23. The van der Waals surface area contributed by atoms with Gasteiger partial charge in [0, 0.05) is 7.05 Å². The normalized spacial score (nSPS) is 12.3. The van der Waals surface area contributed by atoms with Crippen molar-refractivity contribution in [1.82, 2.24) is 20.1 Å². The Hall–Kier alpha value is -2.54. The monoisotopic (exact) mass is 398 g/mol. The van der Waals surface area contributed by atoms with Crippen LogP contribution >= 0.6 is 11.8 Å². The minimum atomic E-state index is -0.0224. The van der Waals surface area contributed by atoms with Crippen LogP contribution in [0.25, 0.3) is 11.6 Å². The molecule has 1 amide bonds. The zero-order valence-corrected chi connectivity index (χ0v) is 17.5. The van der Waals surface area contributed by atoms with Crippen LogP contribution in [0.1, 0.15) is 37.9 Å². The highest BCUT2D eigenvalue weighted by molar-refractivity contribution is 7.99. The van der Waals surface area contributed by atoms with Crippen molar-refractivity contribution in [2.45, 2.75) is 38.4 Å². The van der Waals surface area contributed by atoms with Crippen LogP contribution in [0.4, 0.5) is 0 Å². The molecule has 0 radical (unpaired) electrons. The molecule has 2 heterocycles. The van der Waals surface area contributed by atoms with E-state index in [2.05, 4.69) is 60.6 Å². The van der Waals surface area contributed by atoms with Gasteiger partial charge in [-0.1, -0.05) is 56.8 Å². The molecular weight excluding hydrogens is 372 g/mol. The van der Waals surface area contributed by atoms with E-state index in [-0.39, 0.29) is 17.7 Å². The van der Waals surface area contributed by atoms with E-state index >= 15 is 0 Å². The molecule has 0 spiro atoms. The number of nitrogens with one attached hydrogen (secondary N) is 1. The zero-order chi connectivity index (χ0) is 20.1. The summed E-state index contributed by atoms with van der Waals surface area (Å²) in [4.78, 5) is 12.6. The summed E-state index contributed by atoms with van der Waals surface area (Å²) >= 11 is 1.36. The second-order valence-corrected chi connectivity index (χ2v) is 7.96. The fraction of sp³-hybridized carbons (Fsp3) is 0.381. The Morgan fingerprint density at radius 1 is 1.21 bits per heavy atom.